The number of aryl methyl sites for hydroxylation is 1. The molecule has 0 saturated carbocycles. The molecule has 0 bridgehead atoms. The van der Waals surface area contributed by atoms with Gasteiger partial charge in [0.15, 0.2) is 0 Å². The highest BCUT2D eigenvalue weighted by molar-refractivity contribution is 5.99. The van der Waals surface area contributed by atoms with E-state index < -0.39 is 5.91 Å². The van der Waals surface area contributed by atoms with Gasteiger partial charge in [-0.25, -0.2) is 4.39 Å². The topological polar surface area (TPSA) is 56.0 Å². The van der Waals surface area contributed by atoms with E-state index in [0.717, 1.165) is 27.8 Å². The smallest absolute Gasteiger partial charge is 0.267 e. The summed E-state index contributed by atoms with van der Waals surface area (Å²) in [5.41, 5.74) is 11.8. The van der Waals surface area contributed by atoms with Gasteiger partial charge in [0, 0.05) is 23.7 Å². The first kappa shape index (κ1) is 14.6. The number of amides is 1. The third-order valence-electron chi connectivity index (χ3n) is 4.47. The third-order valence-corrected chi connectivity index (χ3v) is 4.47. The van der Waals surface area contributed by atoms with Gasteiger partial charge >= 0.3 is 0 Å². The van der Waals surface area contributed by atoms with Crippen molar-refractivity contribution >= 4 is 5.91 Å². The molecule has 0 atom stereocenters. The Balaban J connectivity index is 2.06. The molecule has 0 spiro atoms. The van der Waals surface area contributed by atoms with Gasteiger partial charge in [-0.2, -0.15) is 0 Å². The van der Waals surface area contributed by atoms with E-state index in [2.05, 4.69) is 11.1 Å². The van der Waals surface area contributed by atoms with Gasteiger partial charge in [0.05, 0.1) is 0 Å². The van der Waals surface area contributed by atoms with Gasteiger partial charge in [-0.1, -0.05) is 42.0 Å². The molecular formula is C20H15FN2O. The average molecular weight is 318 g/mol. The number of rotatable bonds is 2. The summed E-state index contributed by atoms with van der Waals surface area (Å²) in [4.78, 5) is 16.0. The number of fused-ring (bicyclic) bond motifs is 3. The van der Waals surface area contributed by atoms with E-state index in [4.69, 9.17) is 5.73 Å². The Labute approximate surface area is 139 Å². The second-order valence-electron chi connectivity index (χ2n) is 6.06. The Morgan fingerprint density at radius 2 is 1.92 bits per heavy atom. The van der Waals surface area contributed by atoms with Crippen molar-refractivity contribution in [3.05, 3.63) is 76.9 Å². The number of aromatic nitrogens is 1. The van der Waals surface area contributed by atoms with Crippen LogP contribution in [-0.4, -0.2) is 10.9 Å². The standard InChI is InChI=1S/C20H15FN2O/c1-11-6-7-13-12(8-11)9-15-18(13)16(10-23-19(15)20(22)24)14-4-2-3-5-17(14)21/h2-8,10H,9H2,1H3,(H2,22,24). The second kappa shape index (κ2) is 5.27. The van der Waals surface area contributed by atoms with Crippen LogP contribution in [0.5, 0.6) is 0 Å². The summed E-state index contributed by atoms with van der Waals surface area (Å²) in [6.07, 6.45) is 2.13. The maximum absolute atomic E-state index is 14.3. The minimum absolute atomic E-state index is 0.263. The quantitative estimate of drug-likeness (QED) is 0.610. The van der Waals surface area contributed by atoms with Crippen molar-refractivity contribution in [1.82, 2.24) is 4.98 Å². The van der Waals surface area contributed by atoms with Crippen molar-refractivity contribution in [3.63, 3.8) is 0 Å². The van der Waals surface area contributed by atoms with Crippen LogP contribution in [-0.2, 0) is 6.42 Å². The fourth-order valence-corrected chi connectivity index (χ4v) is 3.43. The fraction of sp³-hybridized carbons (Fsp3) is 0.100. The van der Waals surface area contributed by atoms with Gasteiger partial charge in [-0.3, -0.25) is 9.78 Å². The lowest BCUT2D eigenvalue weighted by atomic mass is 9.94. The largest absolute Gasteiger partial charge is 0.364 e. The molecule has 4 rings (SSSR count). The molecule has 3 nitrogen and oxygen atoms in total. The van der Waals surface area contributed by atoms with E-state index in [9.17, 15) is 9.18 Å². The molecule has 4 heteroatoms. The number of benzene rings is 2. The summed E-state index contributed by atoms with van der Waals surface area (Å²) >= 11 is 0. The molecule has 1 aliphatic rings. The summed E-state index contributed by atoms with van der Waals surface area (Å²) in [5, 5.41) is 0. The van der Waals surface area contributed by atoms with Gasteiger partial charge in [0.1, 0.15) is 11.5 Å². The zero-order valence-corrected chi connectivity index (χ0v) is 13.1. The summed E-state index contributed by atoms with van der Waals surface area (Å²) in [5.74, 6) is -0.871. The molecule has 1 amide bonds. The fourth-order valence-electron chi connectivity index (χ4n) is 3.43. The lowest BCUT2D eigenvalue weighted by Crippen LogP contribution is -2.16. The molecule has 1 heterocycles. The number of halogens is 1. The molecule has 1 aromatic heterocycles. The van der Waals surface area contributed by atoms with Gasteiger partial charge < -0.3 is 5.73 Å². The number of hydrogen-bond acceptors (Lipinski definition) is 2. The molecule has 1 aliphatic carbocycles. The van der Waals surface area contributed by atoms with Crippen LogP contribution in [0.3, 0.4) is 0 Å². The van der Waals surface area contributed by atoms with Crippen molar-refractivity contribution in [1.29, 1.82) is 0 Å². The van der Waals surface area contributed by atoms with E-state index >= 15 is 0 Å². The predicted octanol–water partition coefficient (Wildman–Crippen LogP) is 3.87. The first-order valence-corrected chi connectivity index (χ1v) is 7.72. The van der Waals surface area contributed by atoms with E-state index in [0.29, 0.717) is 17.5 Å². The molecule has 0 saturated heterocycles. The zero-order valence-electron chi connectivity index (χ0n) is 13.1. The van der Waals surface area contributed by atoms with Crippen LogP contribution in [0.15, 0.2) is 48.7 Å². The second-order valence-corrected chi connectivity index (χ2v) is 6.06. The first-order chi connectivity index (χ1) is 11.6. The van der Waals surface area contributed by atoms with Crippen LogP contribution in [0.1, 0.15) is 27.2 Å². The van der Waals surface area contributed by atoms with Crippen molar-refractivity contribution in [3.8, 4) is 22.3 Å². The van der Waals surface area contributed by atoms with Crippen molar-refractivity contribution < 1.29 is 9.18 Å². The highest BCUT2D eigenvalue weighted by Crippen LogP contribution is 2.44. The maximum Gasteiger partial charge on any atom is 0.267 e. The SMILES string of the molecule is Cc1ccc2c(c1)Cc1c(C(N)=O)ncc(-c3ccccc3F)c1-2. The van der Waals surface area contributed by atoms with Gasteiger partial charge in [0.25, 0.3) is 5.91 Å². The third kappa shape index (κ3) is 2.11. The maximum atomic E-state index is 14.3. The van der Waals surface area contributed by atoms with Crippen LogP contribution in [0.4, 0.5) is 4.39 Å². The lowest BCUT2D eigenvalue weighted by Gasteiger charge is -2.12. The van der Waals surface area contributed by atoms with Gasteiger partial charge in [-0.05, 0) is 35.2 Å². The minimum Gasteiger partial charge on any atom is -0.364 e. The molecule has 24 heavy (non-hydrogen) atoms. The van der Waals surface area contributed by atoms with Crippen LogP contribution in [0.2, 0.25) is 0 Å². The first-order valence-electron chi connectivity index (χ1n) is 7.72. The monoisotopic (exact) mass is 318 g/mol. The Hall–Kier alpha value is -3.01. The Morgan fingerprint density at radius 3 is 2.67 bits per heavy atom. The molecule has 0 unspecified atom stereocenters. The van der Waals surface area contributed by atoms with Crippen molar-refractivity contribution in [2.24, 2.45) is 5.73 Å². The van der Waals surface area contributed by atoms with Crippen molar-refractivity contribution in [2.75, 3.05) is 0 Å². The van der Waals surface area contributed by atoms with Gasteiger partial charge in [-0.15, -0.1) is 0 Å². The van der Waals surface area contributed by atoms with E-state index in [1.807, 2.05) is 19.1 Å². The van der Waals surface area contributed by atoms with Crippen LogP contribution >= 0.6 is 0 Å². The number of nitrogens with zero attached hydrogens (tertiary/aromatic N) is 1. The summed E-state index contributed by atoms with van der Waals surface area (Å²) < 4.78 is 14.3. The molecule has 2 N–H and O–H groups in total. The lowest BCUT2D eigenvalue weighted by molar-refractivity contribution is 0.0995. The summed E-state index contributed by atoms with van der Waals surface area (Å²) in [6, 6.07) is 12.7. The molecule has 3 aromatic rings. The predicted molar refractivity (Wildman–Crippen MR) is 91.1 cm³/mol. The van der Waals surface area contributed by atoms with Gasteiger partial charge in [0.2, 0.25) is 0 Å². The minimum atomic E-state index is -0.559. The van der Waals surface area contributed by atoms with E-state index in [1.54, 1.807) is 24.4 Å². The summed E-state index contributed by atoms with van der Waals surface area (Å²) in [7, 11) is 0. The molecule has 0 aliphatic heterocycles. The zero-order chi connectivity index (χ0) is 16.8. The molecule has 2 aromatic carbocycles. The Bertz CT molecular complexity index is 995. The number of carbonyl (C=O) groups excluding carboxylic acids is 1. The number of pyridine rings is 1. The molecule has 0 fully saturated rings. The number of primary amides is 1. The van der Waals surface area contributed by atoms with E-state index in [1.165, 1.54) is 6.07 Å². The number of carbonyl (C=O) groups is 1. The van der Waals surface area contributed by atoms with Crippen LogP contribution in [0.25, 0.3) is 22.3 Å². The molecular weight excluding hydrogens is 303 g/mol. The number of hydrogen-bond donors (Lipinski definition) is 1. The van der Waals surface area contributed by atoms with Crippen LogP contribution < -0.4 is 5.73 Å². The molecule has 0 radical (unpaired) electrons. The van der Waals surface area contributed by atoms with Crippen molar-refractivity contribution in [2.45, 2.75) is 13.3 Å². The average Bonchev–Trinajstić information content (AvgIpc) is 2.92. The highest BCUT2D eigenvalue weighted by atomic mass is 19.1. The molecule has 118 valence electrons. The number of nitrogens with two attached hydrogens (primary N) is 1. The normalized spacial score (nSPS) is 11.9. The Kier molecular flexibility index (Phi) is 3.20. The highest BCUT2D eigenvalue weighted by Gasteiger charge is 2.28. The summed E-state index contributed by atoms with van der Waals surface area (Å²) in [6.45, 7) is 2.02. The van der Waals surface area contributed by atoms with Crippen LogP contribution in [0, 0.1) is 12.7 Å². The Morgan fingerprint density at radius 1 is 1.12 bits per heavy atom. The van der Waals surface area contributed by atoms with E-state index in [-0.39, 0.29) is 11.5 Å².